The van der Waals surface area contributed by atoms with Gasteiger partial charge in [0.05, 0.1) is 5.75 Å². The zero-order valence-electron chi connectivity index (χ0n) is 8.66. The Labute approximate surface area is 97.8 Å². The predicted molar refractivity (Wildman–Crippen MR) is 46.1 cm³/mol. The topological polar surface area (TPSA) is 54.4 Å². The van der Waals surface area contributed by atoms with Crippen LogP contribution in [0, 0.1) is 5.92 Å². The van der Waals surface area contributed by atoms with E-state index in [1.54, 1.807) is 6.08 Å². The number of allylic oxidation sites excluding steroid dienone is 1. The first-order valence-electron chi connectivity index (χ1n) is 3.57. The molecule has 0 aromatic rings. The van der Waals surface area contributed by atoms with Crippen LogP contribution in [0.15, 0.2) is 12.7 Å². The van der Waals surface area contributed by atoms with Gasteiger partial charge < -0.3 is 1.43 Å². The van der Waals surface area contributed by atoms with Gasteiger partial charge in [0, 0.05) is 0 Å². The maximum Gasteiger partial charge on any atom is 1.00 e. The maximum absolute atomic E-state index is 10.3. The molecule has 0 heterocycles. The van der Waals surface area contributed by atoms with E-state index in [-0.39, 0.29) is 42.7 Å². The van der Waals surface area contributed by atoms with Gasteiger partial charge in [-0.2, -0.15) is 8.42 Å². The zero-order chi connectivity index (χ0) is 8.91. The molecular weight excluding hydrogens is 187 g/mol. The van der Waals surface area contributed by atoms with Crippen molar-refractivity contribution in [3.8, 4) is 0 Å². The van der Waals surface area contributed by atoms with Gasteiger partial charge in [0.2, 0.25) is 0 Å². The van der Waals surface area contributed by atoms with E-state index in [0.29, 0.717) is 6.42 Å². The molecule has 68 valence electrons. The van der Waals surface area contributed by atoms with Gasteiger partial charge in [-0.3, -0.25) is 4.55 Å². The largest absolute Gasteiger partial charge is 1.00 e. The molecule has 12 heavy (non-hydrogen) atoms. The molecule has 5 heteroatoms. The minimum atomic E-state index is -3.79. The summed E-state index contributed by atoms with van der Waals surface area (Å²) in [4.78, 5) is 0. The number of rotatable bonds is 5. The first kappa shape index (κ1) is 15.1. The van der Waals surface area contributed by atoms with E-state index in [0.717, 1.165) is 6.42 Å². The van der Waals surface area contributed by atoms with Crippen LogP contribution in [0.2, 0.25) is 0 Å². The second-order valence-electron chi connectivity index (χ2n) is 2.48. The van der Waals surface area contributed by atoms with E-state index in [1.165, 1.54) is 0 Å². The Hall–Kier alpha value is 0.650. The van der Waals surface area contributed by atoms with E-state index < -0.39 is 10.1 Å². The van der Waals surface area contributed by atoms with Crippen LogP contribution in [0.5, 0.6) is 0 Å². The molecule has 1 N–H and O–H groups in total. The van der Waals surface area contributed by atoms with Gasteiger partial charge in [-0.1, -0.05) is 13.0 Å². The third-order valence-electron chi connectivity index (χ3n) is 1.60. The van der Waals surface area contributed by atoms with Gasteiger partial charge in [0.15, 0.2) is 0 Å². The Kier molecular flexibility index (Phi) is 8.95. The predicted octanol–water partition coefficient (Wildman–Crippen LogP) is -1.41. The molecular formula is C7H15NaO3S. The van der Waals surface area contributed by atoms with Crippen LogP contribution in [0.1, 0.15) is 21.2 Å². The van der Waals surface area contributed by atoms with E-state index in [1.807, 2.05) is 6.92 Å². The van der Waals surface area contributed by atoms with Crippen molar-refractivity contribution in [3.05, 3.63) is 12.7 Å². The molecule has 1 atom stereocenters. The van der Waals surface area contributed by atoms with Crippen LogP contribution in [0.4, 0.5) is 0 Å². The molecule has 0 aliphatic rings. The van der Waals surface area contributed by atoms with Gasteiger partial charge in [0.1, 0.15) is 0 Å². The molecule has 3 nitrogen and oxygen atoms in total. The summed E-state index contributed by atoms with van der Waals surface area (Å²) in [6, 6.07) is 0. The van der Waals surface area contributed by atoms with Gasteiger partial charge in [-0.15, -0.1) is 6.58 Å². The summed E-state index contributed by atoms with van der Waals surface area (Å²) in [6.07, 6.45) is 3.03. The molecule has 0 amide bonds. The van der Waals surface area contributed by atoms with Crippen LogP contribution in [-0.2, 0) is 10.1 Å². The molecule has 0 fully saturated rings. The third-order valence-corrected chi connectivity index (χ3v) is 2.36. The normalized spacial score (nSPS) is 13.2. The van der Waals surface area contributed by atoms with Crippen molar-refractivity contribution in [1.82, 2.24) is 0 Å². The van der Waals surface area contributed by atoms with Crippen LogP contribution in [0.3, 0.4) is 0 Å². The standard InChI is InChI=1S/C7H14O3S.Na.H/c1-3-7(4-2)5-6-11(8,9)10;;/h3,7H,1,4-6H2,2H3,(H,8,9,10);;/q;+1;-1. The molecule has 0 aromatic heterocycles. The Morgan fingerprint density at radius 3 is 2.42 bits per heavy atom. The van der Waals surface area contributed by atoms with Gasteiger partial charge in [-0.05, 0) is 18.8 Å². The average Bonchev–Trinajstić information content (AvgIpc) is 1.88. The maximum atomic E-state index is 10.3. The summed E-state index contributed by atoms with van der Waals surface area (Å²) in [5.41, 5.74) is 0. The fraction of sp³-hybridized carbons (Fsp3) is 0.714. The second kappa shape index (κ2) is 7.09. The van der Waals surface area contributed by atoms with Crippen molar-refractivity contribution in [3.63, 3.8) is 0 Å². The Morgan fingerprint density at radius 1 is 1.67 bits per heavy atom. The van der Waals surface area contributed by atoms with Gasteiger partial charge >= 0.3 is 29.6 Å². The summed E-state index contributed by atoms with van der Waals surface area (Å²) in [7, 11) is -3.79. The van der Waals surface area contributed by atoms with Crippen molar-refractivity contribution >= 4 is 10.1 Å². The first-order chi connectivity index (χ1) is 4.99. The van der Waals surface area contributed by atoms with Crippen molar-refractivity contribution < 1.29 is 44.0 Å². The fourth-order valence-electron chi connectivity index (χ4n) is 0.789. The molecule has 1 unspecified atom stereocenters. The Bertz CT molecular complexity index is 216. The minimum Gasteiger partial charge on any atom is -1.00 e. The third kappa shape index (κ3) is 8.74. The first-order valence-corrected chi connectivity index (χ1v) is 5.18. The number of hydrogen-bond donors (Lipinski definition) is 1. The molecule has 0 spiro atoms. The molecule has 0 aliphatic heterocycles. The van der Waals surface area contributed by atoms with Crippen LogP contribution >= 0.6 is 0 Å². The van der Waals surface area contributed by atoms with Crippen LogP contribution < -0.4 is 29.6 Å². The average molecular weight is 202 g/mol. The summed E-state index contributed by atoms with van der Waals surface area (Å²) in [5.74, 6) is 0.0225. The second-order valence-corrected chi connectivity index (χ2v) is 4.05. The van der Waals surface area contributed by atoms with Crippen molar-refractivity contribution in [2.45, 2.75) is 19.8 Å². The van der Waals surface area contributed by atoms with E-state index in [9.17, 15) is 8.42 Å². The molecule has 0 saturated heterocycles. The summed E-state index contributed by atoms with van der Waals surface area (Å²) in [6.45, 7) is 5.51. The van der Waals surface area contributed by atoms with E-state index >= 15 is 0 Å². The van der Waals surface area contributed by atoms with Gasteiger partial charge in [-0.25, -0.2) is 0 Å². The Morgan fingerprint density at radius 2 is 2.17 bits per heavy atom. The van der Waals surface area contributed by atoms with Crippen molar-refractivity contribution in [2.24, 2.45) is 5.92 Å². The van der Waals surface area contributed by atoms with Crippen LogP contribution in [0.25, 0.3) is 0 Å². The van der Waals surface area contributed by atoms with Gasteiger partial charge in [0.25, 0.3) is 10.1 Å². The zero-order valence-corrected chi connectivity index (χ0v) is 10.5. The smallest absolute Gasteiger partial charge is 1.00 e. The molecule has 0 radical (unpaired) electrons. The molecule has 0 saturated carbocycles. The molecule has 0 rings (SSSR count). The van der Waals surface area contributed by atoms with E-state index in [4.69, 9.17) is 4.55 Å². The summed E-state index contributed by atoms with van der Waals surface area (Å²) < 4.78 is 29.0. The summed E-state index contributed by atoms with van der Waals surface area (Å²) >= 11 is 0. The summed E-state index contributed by atoms with van der Waals surface area (Å²) in [5, 5.41) is 0. The number of hydrogen-bond acceptors (Lipinski definition) is 2. The quantitative estimate of drug-likeness (QED) is 0.339. The molecule has 0 bridgehead atoms. The van der Waals surface area contributed by atoms with Crippen molar-refractivity contribution in [2.75, 3.05) is 5.75 Å². The van der Waals surface area contributed by atoms with Crippen molar-refractivity contribution in [1.29, 1.82) is 0 Å². The minimum absolute atomic E-state index is 0. The molecule has 0 aromatic carbocycles. The molecule has 0 aliphatic carbocycles. The fourth-order valence-corrected chi connectivity index (χ4v) is 1.39. The SMILES string of the molecule is C=CC(CC)CCS(=O)(=O)O.[H-].[Na+]. The Balaban J connectivity index is -0.000000500. The van der Waals surface area contributed by atoms with E-state index in [2.05, 4.69) is 6.58 Å². The monoisotopic (exact) mass is 202 g/mol. The van der Waals surface area contributed by atoms with Crippen LogP contribution in [-0.4, -0.2) is 18.7 Å².